The Morgan fingerprint density at radius 3 is 2.61 bits per heavy atom. The molecule has 5 heteroatoms. The van der Waals surface area contributed by atoms with E-state index in [1.165, 1.54) is 24.3 Å². The van der Waals surface area contributed by atoms with E-state index in [-0.39, 0.29) is 11.8 Å². The number of nitrogens with zero attached hydrogens (tertiary/aromatic N) is 2. The van der Waals surface area contributed by atoms with Crippen molar-refractivity contribution in [3.05, 3.63) is 0 Å². The number of primary amides is 1. The van der Waals surface area contributed by atoms with E-state index in [0.717, 1.165) is 12.8 Å². The summed E-state index contributed by atoms with van der Waals surface area (Å²) in [7, 11) is 0. The zero-order valence-corrected chi connectivity index (χ0v) is 10.8. The molecular weight excluding hydrogens is 230 g/mol. The van der Waals surface area contributed by atoms with Crippen molar-refractivity contribution in [3.8, 4) is 0 Å². The summed E-state index contributed by atoms with van der Waals surface area (Å²) in [6, 6.07) is -0.580. The van der Waals surface area contributed by atoms with Gasteiger partial charge in [0.25, 0.3) is 0 Å². The predicted molar refractivity (Wildman–Crippen MR) is 68.7 cm³/mol. The molecule has 2 aliphatic rings. The molecule has 0 unspecified atom stereocenters. The van der Waals surface area contributed by atoms with Gasteiger partial charge in [-0.05, 0) is 18.8 Å². The molecule has 1 heterocycles. The third-order valence-corrected chi connectivity index (χ3v) is 4.13. The van der Waals surface area contributed by atoms with Crippen LogP contribution in [0.25, 0.3) is 0 Å². The van der Waals surface area contributed by atoms with Crippen LogP contribution < -0.4 is 5.73 Å². The summed E-state index contributed by atoms with van der Waals surface area (Å²) < 4.78 is 0. The lowest BCUT2D eigenvalue weighted by molar-refractivity contribution is -0.143. The highest BCUT2D eigenvalue weighted by Gasteiger charge is 2.36. The fourth-order valence-electron chi connectivity index (χ4n) is 2.91. The van der Waals surface area contributed by atoms with Gasteiger partial charge >= 0.3 is 0 Å². The Morgan fingerprint density at radius 2 is 2.00 bits per heavy atom. The van der Waals surface area contributed by atoms with Crippen LogP contribution in [-0.4, -0.2) is 29.1 Å². The average Bonchev–Trinajstić information content (AvgIpc) is 2.87. The van der Waals surface area contributed by atoms with Crippen LogP contribution in [0.1, 0.15) is 45.4 Å². The minimum atomic E-state index is -0.580. The lowest BCUT2D eigenvalue weighted by Gasteiger charge is -2.30. The molecule has 0 aromatic heterocycles. The smallest absolute Gasteiger partial charge is 0.246 e. The summed E-state index contributed by atoms with van der Waals surface area (Å²) >= 11 is 0. The van der Waals surface area contributed by atoms with Crippen LogP contribution in [0.4, 0.5) is 0 Å². The SMILES string of the molecule is C[C@H](C(=O)N1N=CC[C@H]1C(N)=O)C1CCCCC1. The van der Waals surface area contributed by atoms with Gasteiger partial charge in [-0.1, -0.05) is 26.2 Å². The van der Waals surface area contributed by atoms with Gasteiger partial charge in [0.2, 0.25) is 11.8 Å². The Balaban J connectivity index is 2.01. The first kappa shape index (κ1) is 13.1. The lowest BCUT2D eigenvalue weighted by Crippen LogP contribution is -2.45. The molecule has 0 radical (unpaired) electrons. The maximum Gasteiger partial charge on any atom is 0.246 e. The zero-order chi connectivity index (χ0) is 13.1. The monoisotopic (exact) mass is 251 g/mol. The molecule has 2 amide bonds. The highest BCUT2D eigenvalue weighted by Crippen LogP contribution is 2.31. The predicted octanol–water partition coefficient (Wildman–Crippen LogP) is 1.27. The molecule has 100 valence electrons. The van der Waals surface area contributed by atoms with Crippen molar-refractivity contribution < 1.29 is 9.59 Å². The molecule has 0 spiro atoms. The quantitative estimate of drug-likeness (QED) is 0.820. The van der Waals surface area contributed by atoms with Crippen LogP contribution in [0.2, 0.25) is 0 Å². The second-order valence-corrected chi connectivity index (χ2v) is 5.32. The van der Waals surface area contributed by atoms with E-state index < -0.39 is 11.9 Å². The van der Waals surface area contributed by atoms with Crippen LogP contribution in [0.3, 0.4) is 0 Å². The van der Waals surface area contributed by atoms with Crippen LogP contribution in [0.5, 0.6) is 0 Å². The van der Waals surface area contributed by atoms with Crippen molar-refractivity contribution in [1.29, 1.82) is 0 Å². The molecule has 18 heavy (non-hydrogen) atoms. The summed E-state index contributed by atoms with van der Waals surface area (Å²) in [6.07, 6.45) is 7.91. The van der Waals surface area contributed by atoms with E-state index in [4.69, 9.17) is 5.73 Å². The second-order valence-electron chi connectivity index (χ2n) is 5.32. The molecule has 1 fully saturated rings. The van der Waals surface area contributed by atoms with E-state index in [1.807, 2.05) is 6.92 Å². The van der Waals surface area contributed by atoms with E-state index in [0.29, 0.717) is 12.3 Å². The van der Waals surface area contributed by atoms with Crippen LogP contribution in [-0.2, 0) is 9.59 Å². The number of amides is 2. The standard InChI is InChI=1S/C13H21N3O2/c1-9(10-5-3-2-4-6-10)13(18)16-11(12(14)17)7-8-15-16/h8-11H,2-7H2,1H3,(H2,14,17)/t9-,11-/m0/s1. The highest BCUT2D eigenvalue weighted by atomic mass is 16.2. The number of carbonyl (C=O) groups excluding carboxylic acids is 2. The number of carbonyl (C=O) groups is 2. The number of hydrogen-bond donors (Lipinski definition) is 1. The first-order valence-corrected chi connectivity index (χ1v) is 6.76. The molecule has 1 aliphatic heterocycles. The van der Waals surface area contributed by atoms with E-state index >= 15 is 0 Å². The Morgan fingerprint density at radius 1 is 1.33 bits per heavy atom. The zero-order valence-electron chi connectivity index (χ0n) is 10.8. The third-order valence-electron chi connectivity index (χ3n) is 4.13. The summed E-state index contributed by atoms with van der Waals surface area (Å²) in [6.45, 7) is 1.95. The Labute approximate surface area is 107 Å². The lowest BCUT2D eigenvalue weighted by atomic mass is 9.80. The van der Waals surface area contributed by atoms with Gasteiger partial charge in [0.15, 0.2) is 0 Å². The number of hydrogen-bond acceptors (Lipinski definition) is 3. The molecule has 0 bridgehead atoms. The Bertz CT molecular complexity index is 361. The van der Waals surface area contributed by atoms with Gasteiger partial charge < -0.3 is 5.73 Å². The molecule has 1 aliphatic carbocycles. The fraction of sp³-hybridized carbons (Fsp3) is 0.769. The minimum Gasteiger partial charge on any atom is -0.368 e. The van der Waals surface area contributed by atoms with E-state index in [9.17, 15) is 9.59 Å². The summed E-state index contributed by atoms with van der Waals surface area (Å²) in [5, 5.41) is 5.31. The third kappa shape index (κ3) is 2.54. The number of hydrazone groups is 1. The molecule has 2 atom stereocenters. The maximum absolute atomic E-state index is 12.4. The fourth-order valence-corrected chi connectivity index (χ4v) is 2.91. The number of rotatable bonds is 3. The highest BCUT2D eigenvalue weighted by molar-refractivity contribution is 5.91. The molecule has 2 N–H and O–H groups in total. The largest absolute Gasteiger partial charge is 0.368 e. The molecule has 0 saturated heterocycles. The molecule has 2 rings (SSSR count). The van der Waals surface area contributed by atoms with Gasteiger partial charge in [-0.15, -0.1) is 0 Å². The maximum atomic E-state index is 12.4. The molecular formula is C13H21N3O2. The first-order valence-electron chi connectivity index (χ1n) is 6.76. The second kappa shape index (κ2) is 5.50. The van der Waals surface area contributed by atoms with Crippen LogP contribution in [0.15, 0.2) is 5.10 Å². The molecule has 5 nitrogen and oxygen atoms in total. The Kier molecular flexibility index (Phi) is 3.99. The van der Waals surface area contributed by atoms with Gasteiger partial charge in [0.05, 0.1) is 0 Å². The van der Waals surface area contributed by atoms with Crippen molar-refractivity contribution in [2.45, 2.75) is 51.5 Å². The normalized spacial score (nSPS) is 26.3. The minimum absolute atomic E-state index is 0.0561. The van der Waals surface area contributed by atoms with Gasteiger partial charge in [-0.3, -0.25) is 9.59 Å². The van der Waals surface area contributed by atoms with E-state index in [1.54, 1.807) is 6.21 Å². The molecule has 0 aromatic rings. The van der Waals surface area contributed by atoms with Gasteiger partial charge in [0.1, 0.15) is 6.04 Å². The number of nitrogens with two attached hydrogens (primary N) is 1. The van der Waals surface area contributed by atoms with Crippen molar-refractivity contribution in [2.24, 2.45) is 22.7 Å². The summed E-state index contributed by atoms with van der Waals surface area (Å²) in [5.74, 6) is -0.172. The van der Waals surface area contributed by atoms with Crippen molar-refractivity contribution in [2.75, 3.05) is 0 Å². The summed E-state index contributed by atoms with van der Waals surface area (Å²) in [5.41, 5.74) is 5.29. The van der Waals surface area contributed by atoms with Gasteiger partial charge in [-0.2, -0.15) is 5.10 Å². The van der Waals surface area contributed by atoms with Crippen molar-refractivity contribution in [3.63, 3.8) is 0 Å². The Hall–Kier alpha value is -1.39. The van der Waals surface area contributed by atoms with Gasteiger partial charge in [-0.25, -0.2) is 5.01 Å². The van der Waals surface area contributed by atoms with Gasteiger partial charge in [0, 0.05) is 18.6 Å². The molecule has 1 saturated carbocycles. The van der Waals surface area contributed by atoms with Crippen LogP contribution >= 0.6 is 0 Å². The first-order chi connectivity index (χ1) is 8.61. The van der Waals surface area contributed by atoms with Crippen molar-refractivity contribution >= 4 is 18.0 Å². The van der Waals surface area contributed by atoms with Crippen molar-refractivity contribution in [1.82, 2.24) is 5.01 Å². The molecule has 0 aromatic carbocycles. The van der Waals surface area contributed by atoms with Crippen LogP contribution in [0, 0.1) is 11.8 Å². The van der Waals surface area contributed by atoms with E-state index in [2.05, 4.69) is 5.10 Å². The average molecular weight is 251 g/mol. The topological polar surface area (TPSA) is 75.8 Å². The summed E-state index contributed by atoms with van der Waals surface area (Å²) in [4.78, 5) is 23.6.